The van der Waals surface area contributed by atoms with E-state index >= 15 is 0 Å². The van der Waals surface area contributed by atoms with Crippen LogP contribution in [0.3, 0.4) is 0 Å². The van der Waals surface area contributed by atoms with Gasteiger partial charge in [-0.25, -0.2) is 0 Å². The Morgan fingerprint density at radius 1 is 0.750 bits per heavy atom. The van der Waals surface area contributed by atoms with Crippen LogP contribution >= 0.6 is 0 Å². The fourth-order valence-corrected chi connectivity index (χ4v) is 7.22. The van der Waals surface area contributed by atoms with Crippen LogP contribution in [0.1, 0.15) is 45.5 Å². The van der Waals surface area contributed by atoms with Crippen molar-refractivity contribution in [1.82, 2.24) is 9.88 Å². The Bertz CT molecular complexity index is 2170. The molecule has 1 aliphatic rings. The third-order valence-corrected chi connectivity index (χ3v) is 9.67. The molecular formula is C43H36F6N2O. The predicted octanol–water partition coefficient (Wildman–Crippen LogP) is 11.5. The first kappa shape index (κ1) is 36.2. The van der Waals surface area contributed by atoms with Crippen LogP contribution < -0.4 is 5.32 Å². The SMILES string of the molecule is C=C(NCC(F)(F)F)C1(CCCn2ccc3c(C)cccc32)c2ccccc2-c2ccccc21.O=Cc1ccccc1-c1ccc(C(F)(F)F)cc1. The smallest absolute Gasteiger partial charge is 0.379 e. The molecule has 0 unspecified atom stereocenters. The molecule has 1 aromatic heterocycles. The highest BCUT2D eigenvalue weighted by Gasteiger charge is 2.45. The molecule has 0 amide bonds. The summed E-state index contributed by atoms with van der Waals surface area (Å²) < 4.78 is 78.9. The van der Waals surface area contributed by atoms with Gasteiger partial charge in [0, 0.05) is 34.9 Å². The van der Waals surface area contributed by atoms with E-state index in [2.05, 4.69) is 66.0 Å². The van der Waals surface area contributed by atoms with Gasteiger partial charge in [-0.15, -0.1) is 0 Å². The van der Waals surface area contributed by atoms with Crippen molar-refractivity contribution in [2.45, 2.75) is 44.1 Å². The average Bonchev–Trinajstić information content (AvgIpc) is 3.68. The van der Waals surface area contributed by atoms with Gasteiger partial charge in [-0.1, -0.05) is 104 Å². The molecule has 0 atom stereocenters. The van der Waals surface area contributed by atoms with Gasteiger partial charge in [-0.2, -0.15) is 26.3 Å². The maximum atomic E-state index is 13.1. The van der Waals surface area contributed by atoms with Crippen LogP contribution in [0, 0.1) is 6.92 Å². The molecule has 266 valence electrons. The normalized spacial score (nSPS) is 13.1. The van der Waals surface area contributed by atoms with Crippen LogP contribution in [0.25, 0.3) is 33.2 Å². The summed E-state index contributed by atoms with van der Waals surface area (Å²) in [5.41, 5.74) is 7.22. The second kappa shape index (κ2) is 14.6. The molecule has 0 radical (unpaired) electrons. The molecule has 0 saturated heterocycles. The summed E-state index contributed by atoms with van der Waals surface area (Å²) in [7, 11) is 0. The van der Waals surface area contributed by atoms with Crippen LogP contribution in [0.5, 0.6) is 0 Å². The van der Waals surface area contributed by atoms with E-state index in [1.165, 1.54) is 28.6 Å². The van der Waals surface area contributed by atoms with E-state index in [0.717, 1.165) is 47.4 Å². The fraction of sp³-hybridized carbons (Fsp3) is 0.186. The second-order valence-corrected chi connectivity index (χ2v) is 12.8. The van der Waals surface area contributed by atoms with Crippen molar-refractivity contribution in [3.63, 3.8) is 0 Å². The zero-order valence-electron chi connectivity index (χ0n) is 28.4. The van der Waals surface area contributed by atoms with E-state index in [-0.39, 0.29) is 0 Å². The molecule has 0 spiro atoms. The first-order valence-corrected chi connectivity index (χ1v) is 16.8. The van der Waals surface area contributed by atoms with Gasteiger partial charge >= 0.3 is 12.4 Å². The highest BCUT2D eigenvalue weighted by molar-refractivity contribution is 5.87. The maximum absolute atomic E-state index is 13.1. The largest absolute Gasteiger partial charge is 0.416 e. The number of benzene rings is 5. The van der Waals surface area contributed by atoms with E-state index < -0.39 is 29.9 Å². The molecule has 3 nitrogen and oxygen atoms in total. The lowest BCUT2D eigenvalue weighted by Crippen LogP contribution is -2.39. The predicted molar refractivity (Wildman–Crippen MR) is 194 cm³/mol. The third-order valence-electron chi connectivity index (χ3n) is 9.67. The van der Waals surface area contributed by atoms with E-state index in [1.807, 2.05) is 36.4 Å². The molecule has 7 rings (SSSR count). The van der Waals surface area contributed by atoms with Crippen molar-refractivity contribution >= 4 is 17.2 Å². The molecule has 0 bridgehead atoms. The minimum Gasteiger partial charge on any atom is -0.379 e. The lowest BCUT2D eigenvalue weighted by molar-refractivity contribution is -0.137. The number of fused-ring (bicyclic) bond motifs is 4. The number of nitrogens with zero attached hydrogens (tertiary/aromatic N) is 1. The fourth-order valence-electron chi connectivity index (χ4n) is 7.22. The number of carbonyl (C=O) groups excluding carboxylic acids is 1. The minimum absolute atomic E-state index is 0.399. The van der Waals surface area contributed by atoms with E-state index in [4.69, 9.17) is 0 Å². The summed E-state index contributed by atoms with van der Waals surface area (Å²) in [6.07, 6.45) is -4.44. The molecule has 0 fully saturated rings. The Balaban J connectivity index is 0.000000217. The summed E-state index contributed by atoms with van der Waals surface area (Å²) in [6.45, 7) is 5.94. The first-order valence-electron chi connectivity index (χ1n) is 16.8. The van der Waals surface area contributed by atoms with E-state index in [9.17, 15) is 31.1 Å². The molecular weight excluding hydrogens is 674 g/mol. The monoisotopic (exact) mass is 710 g/mol. The second-order valence-electron chi connectivity index (χ2n) is 12.8. The summed E-state index contributed by atoms with van der Waals surface area (Å²) >= 11 is 0. The molecule has 6 aromatic rings. The van der Waals surface area contributed by atoms with Crippen molar-refractivity contribution in [2.75, 3.05) is 6.54 Å². The topological polar surface area (TPSA) is 34.0 Å². The number of aryl methyl sites for hydroxylation is 2. The Labute approximate surface area is 298 Å². The van der Waals surface area contributed by atoms with Crippen LogP contribution in [0.2, 0.25) is 0 Å². The minimum atomic E-state index is -4.34. The number of rotatable bonds is 9. The summed E-state index contributed by atoms with van der Waals surface area (Å²) in [5, 5.41) is 3.87. The quantitative estimate of drug-likeness (QED) is 0.120. The summed E-state index contributed by atoms with van der Waals surface area (Å²) in [4.78, 5) is 10.8. The summed E-state index contributed by atoms with van der Waals surface area (Å²) in [6, 6.07) is 36.0. The lowest BCUT2D eigenvalue weighted by atomic mass is 9.72. The van der Waals surface area contributed by atoms with Crippen LogP contribution in [0.4, 0.5) is 26.3 Å². The molecule has 5 aromatic carbocycles. The van der Waals surface area contributed by atoms with Gasteiger partial charge in [-0.05, 0) is 83.0 Å². The Kier molecular flexibility index (Phi) is 10.2. The number of alkyl halides is 6. The van der Waals surface area contributed by atoms with Crippen molar-refractivity contribution in [1.29, 1.82) is 0 Å². The Morgan fingerprint density at radius 3 is 1.94 bits per heavy atom. The van der Waals surface area contributed by atoms with Gasteiger partial charge in [0.15, 0.2) is 6.29 Å². The first-order chi connectivity index (χ1) is 24.8. The number of allylic oxidation sites excluding steroid dienone is 1. The molecule has 52 heavy (non-hydrogen) atoms. The lowest BCUT2D eigenvalue weighted by Gasteiger charge is -2.35. The van der Waals surface area contributed by atoms with E-state index in [1.54, 1.807) is 24.3 Å². The van der Waals surface area contributed by atoms with Gasteiger partial charge in [0.2, 0.25) is 0 Å². The average molecular weight is 711 g/mol. The number of nitrogens with one attached hydrogen (secondary N) is 1. The van der Waals surface area contributed by atoms with Crippen molar-refractivity contribution in [3.05, 3.63) is 168 Å². The molecule has 0 saturated carbocycles. The number of aromatic nitrogens is 1. The zero-order chi connectivity index (χ0) is 37.1. The highest BCUT2D eigenvalue weighted by Crippen LogP contribution is 2.54. The number of halogens is 6. The van der Waals surface area contributed by atoms with Gasteiger partial charge in [-0.3, -0.25) is 4.79 Å². The number of hydrogen-bond acceptors (Lipinski definition) is 2. The maximum Gasteiger partial charge on any atom is 0.416 e. The van der Waals surface area contributed by atoms with Crippen molar-refractivity contribution in [3.8, 4) is 22.3 Å². The Hall–Kier alpha value is -5.57. The third kappa shape index (κ3) is 7.26. The van der Waals surface area contributed by atoms with Gasteiger partial charge < -0.3 is 9.88 Å². The Morgan fingerprint density at radius 2 is 1.35 bits per heavy atom. The van der Waals surface area contributed by atoms with Crippen LogP contribution in [-0.2, 0) is 18.1 Å². The van der Waals surface area contributed by atoms with Gasteiger partial charge in [0.1, 0.15) is 6.54 Å². The molecule has 0 aliphatic heterocycles. The number of hydrogen-bond donors (Lipinski definition) is 1. The molecule has 1 aliphatic carbocycles. The molecule has 9 heteroatoms. The van der Waals surface area contributed by atoms with Crippen LogP contribution in [-0.4, -0.2) is 23.6 Å². The number of aldehydes is 1. The van der Waals surface area contributed by atoms with Gasteiger partial charge in [0.05, 0.1) is 11.0 Å². The van der Waals surface area contributed by atoms with E-state index in [0.29, 0.717) is 35.1 Å². The van der Waals surface area contributed by atoms with Crippen molar-refractivity contribution in [2.24, 2.45) is 0 Å². The highest BCUT2D eigenvalue weighted by atomic mass is 19.4. The standard InChI is InChI=1S/C29H27F3N2.C14H9F3O/c1-20-9-7-14-27-22(20)15-18-34(27)17-8-16-28(21(2)33-19-29(30,31)32)25-12-5-3-10-23(25)24-11-4-6-13-26(24)28;15-14(16,17)12-7-5-10(6-8-12)13-4-2-1-3-11(13)9-18/h3-7,9-15,18,33H,2,8,16-17,19H2,1H3;1-9H. The zero-order valence-corrected chi connectivity index (χ0v) is 28.4. The summed E-state index contributed by atoms with van der Waals surface area (Å²) in [5.74, 6) is 0. The molecule has 1 heterocycles. The number of carbonyl (C=O) groups is 1. The van der Waals surface area contributed by atoms with Crippen molar-refractivity contribution < 1.29 is 31.1 Å². The van der Waals surface area contributed by atoms with Gasteiger partial charge in [0.25, 0.3) is 0 Å². The van der Waals surface area contributed by atoms with Crippen LogP contribution in [0.15, 0.2) is 140 Å². The molecule has 1 N–H and O–H groups in total.